The smallest absolute Gasteiger partial charge is 0.224 e. The molecule has 0 radical (unpaired) electrons. The summed E-state index contributed by atoms with van der Waals surface area (Å²) in [7, 11) is 0. The van der Waals surface area contributed by atoms with Gasteiger partial charge < -0.3 is 10.6 Å². The maximum absolute atomic E-state index is 12.7. The van der Waals surface area contributed by atoms with Gasteiger partial charge in [0.2, 0.25) is 5.91 Å². The average Bonchev–Trinajstić information content (AvgIpc) is 2.28. The Morgan fingerprint density at radius 2 is 2.00 bits per heavy atom. The van der Waals surface area contributed by atoms with Gasteiger partial charge in [0.15, 0.2) is 0 Å². The highest BCUT2D eigenvalue weighted by atomic mass is 19.1. The van der Waals surface area contributed by atoms with Crippen molar-refractivity contribution in [1.82, 2.24) is 4.90 Å². The van der Waals surface area contributed by atoms with Crippen molar-refractivity contribution >= 4 is 5.91 Å². The molecule has 0 aromatic heterocycles. The maximum atomic E-state index is 12.7. The lowest BCUT2D eigenvalue weighted by Crippen LogP contribution is -2.31. The summed E-state index contributed by atoms with van der Waals surface area (Å²) in [5.74, 6) is -0.227. The Kier molecular flexibility index (Phi) is 4.92. The van der Waals surface area contributed by atoms with Gasteiger partial charge in [-0.2, -0.15) is 0 Å². The highest BCUT2D eigenvalue weighted by Crippen LogP contribution is 2.07. The van der Waals surface area contributed by atoms with Crippen molar-refractivity contribution in [3.63, 3.8) is 0 Å². The van der Waals surface area contributed by atoms with Crippen LogP contribution in [0.4, 0.5) is 4.39 Å². The van der Waals surface area contributed by atoms with Gasteiger partial charge in [-0.05, 0) is 24.6 Å². The second-order valence-electron chi connectivity index (χ2n) is 3.57. The van der Waals surface area contributed by atoms with Gasteiger partial charge in [-0.3, -0.25) is 4.79 Å². The van der Waals surface area contributed by atoms with Gasteiger partial charge in [0.05, 0.1) is 0 Å². The molecular formula is C12H17FN2O. The predicted molar refractivity (Wildman–Crippen MR) is 61.2 cm³/mol. The molecule has 0 saturated carbocycles. The summed E-state index contributed by atoms with van der Waals surface area (Å²) in [6.07, 6.45) is 0.356. The van der Waals surface area contributed by atoms with E-state index in [9.17, 15) is 9.18 Å². The van der Waals surface area contributed by atoms with Crippen LogP contribution in [0.1, 0.15) is 18.9 Å². The number of halogens is 1. The molecule has 0 aliphatic carbocycles. The molecule has 3 nitrogen and oxygen atoms in total. The van der Waals surface area contributed by atoms with Crippen LogP contribution in [0.2, 0.25) is 0 Å². The maximum Gasteiger partial charge on any atom is 0.224 e. The van der Waals surface area contributed by atoms with Gasteiger partial charge in [-0.25, -0.2) is 4.39 Å². The zero-order valence-corrected chi connectivity index (χ0v) is 9.45. The van der Waals surface area contributed by atoms with Crippen molar-refractivity contribution in [3.05, 3.63) is 35.6 Å². The minimum absolute atomic E-state index is 0.0364. The van der Waals surface area contributed by atoms with Crippen molar-refractivity contribution < 1.29 is 9.18 Å². The molecule has 1 aromatic rings. The van der Waals surface area contributed by atoms with Crippen molar-refractivity contribution in [3.8, 4) is 0 Å². The van der Waals surface area contributed by atoms with Crippen LogP contribution in [0.5, 0.6) is 0 Å². The molecule has 0 bridgehead atoms. The van der Waals surface area contributed by atoms with Crippen LogP contribution in [0.25, 0.3) is 0 Å². The van der Waals surface area contributed by atoms with Crippen LogP contribution in [0, 0.1) is 5.82 Å². The monoisotopic (exact) mass is 224 g/mol. The summed E-state index contributed by atoms with van der Waals surface area (Å²) in [5, 5.41) is 0. The molecule has 2 N–H and O–H groups in total. The van der Waals surface area contributed by atoms with Crippen molar-refractivity contribution in [2.45, 2.75) is 19.9 Å². The highest BCUT2D eigenvalue weighted by molar-refractivity contribution is 5.76. The van der Waals surface area contributed by atoms with E-state index in [0.29, 0.717) is 26.1 Å². The number of amides is 1. The molecule has 0 aliphatic heterocycles. The number of benzene rings is 1. The lowest BCUT2D eigenvalue weighted by atomic mass is 10.2. The molecule has 0 atom stereocenters. The van der Waals surface area contributed by atoms with Crippen LogP contribution in [-0.4, -0.2) is 23.9 Å². The van der Waals surface area contributed by atoms with E-state index in [1.165, 1.54) is 12.1 Å². The van der Waals surface area contributed by atoms with Gasteiger partial charge in [0, 0.05) is 26.1 Å². The van der Waals surface area contributed by atoms with Crippen LogP contribution in [0.3, 0.4) is 0 Å². The number of carbonyl (C=O) groups is 1. The van der Waals surface area contributed by atoms with Crippen LogP contribution in [-0.2, 0) is 11.3 Å². The number of hydrogen-bond donors (Lipinski definition) is 1. The molecular weight excluding hydrogens is 207 g/mol. The molecule has 0 fully saturated rings. The molecule has 88 valence electrons. The zero-order chi connectivity index (χ0) is 12.0. The fourth-order valence-corrected chi connectivity index (χ4v) is 1.47. The fourth-order valence-electron chi connectivity index (χ4n) is 1.47. The van der Waals surface area contributed by atoms with Gasteiger partial charge >= 0.3 is 0 Å². The number of nitrogens with two attached hydrogens (primary N) is 1. The lowest BCUT2D eigenvalue weighted by Gasteiger charge is -2.20. The van der Waals surface area contributed by atoms with Crippen molar-refractivity contribution in [1.29, 1.82) is 0 Å². The third-order valence-electron chi connectivity index (χ3n) is 2.38. The molecule has 0 heterocycles. The van der Waals surface area contributed by atoms with Gasteiger partial charge in [0.25, 0.3) is 0 Å². The van der Waals surface area contributed by atoms with E-state index in [-0.39, 0.29) is 11.7 Å². The van der Waals surface area contributed by atoms with Crippen molar-refractivity contribution in [2.75, 3.05) is 13.1 Å². The minimum atomic E-state index is -0.264. The highest BCUT2D eigenvalue weighted by Gasteiger charge is 2.10. The van der Waals surface area contributed by atoms with Crippen molar-refractivity contribution in [2.24, 2.45) is 5.73 Å². The van der Waals surface area contributed by atoms with Gasteiger partial charge in [0.1, 0.15) is 5.82 Å². The summed E-state index contributed by atoms with van der Waals surface area (Å²) in [5.41, 5.74) is 6.26. The number of carbonyl (C=O) groups excluding carboxylic acids is 1. The summed E-state index contributed by atoms with van der Waals surface area (Å²) in [6.45, 7) is 3.42. The Bertz CT molecular complexity index is 337. The molecule has 1 aromatic carbocycles. The Morgan fingerprint density at radius 3 is 2.50 bits per heavy atom. The Hall–Kier alpha value is -1.42. The fraction of sp³-hybridized carbons (Fsp3) is 0.417. The van der Waals surface area contributed by atoms with Crippen LogP contribution >= 0.6 is 0 Å². The molecule has 0 saturated heterocycles. The first kappa shape index (κ1) is 12.6. The van der Waals surface area contributed by atoms with Crippen LogP contribution < -0.4 is 5.73 Å². The molecule has 0 unspecified atom stereocenters. The standard InChI is InChI=1S/C12H17FN2O/c1-2-15(12(16)7-8-14)9-10-3-5-11(13)6-4-10/h3-6H,2,7-9,14H2,1H3. The summed E-state index contributed by atoms with van der Waals surface area (Å²) in [6, 6.07) is 6.18. The first-order valence-electron chi connectivity index (χ1n) is 5.39. The molecule has 1 rings (SSSR count). The SMILES string of the molecule is CCN(Cc1ccc(F)cc1)C(=O)CCN. The van der Waals surface area contributed by atoms with E-state index in [0.717, 1.165) is 5.56 Å². The summed E-state index contributed by atoms with van der Waals surface area (Å²) < 4.78 is 12.7. The first-order chi connectivity index (χ1) is 7.67. The Balaban J connectivity index is 2.62. The van der Waals surface area contributed by atoms with E-state index in [4.69, 9.17) is 5.73 Å². The van der Waals surface area contributed by atoms with E-state index in [1.807, 2.05) is 6.92 Å². The third kappa shape index (κ3) is 3.62. The number of hydrogen-bond acceptors (Lipinski definition) is 2. The largest absolute Gasteiger partial charge is 0.339 e. The lowest BCUT2D eigenvalue weighted by molar-refractivity contribution is -0.131. The van der Waals surface area contributed by atoms with E-state index >= 15 is 0 Å². The second-order valence-corrected chi connectivity index (χ2v) is 3.57. The average molecular weight is 224 g/mol. The Labute approximate surface area is 95.0 Å². The summed E-state index contributed by atoms with van der Waals surface area (Å²) >= 11 is 0. The number of rotatable bonds is 5. The van der Waals surface area contributed by atoms with Crippen LogP contribution in [0.15, 0.2) is 24.3 Å². The van der Waals surface area contributed by atoms with E-state index < -0.39 is 0 Å². The predicted octanol–water partition coefficient (Wildman–Crippen LogP) is 1.52. The second kappa shape index (κ2) is 6.23. The zero-order valence-electron chi connectivity index (χ0n) is 9.45. The first-order valence-corrected chi connectivity index (χ1v) is 5.39. The van der Waals surface area contributed by atoms with Gasteiger partial charge in [-0.15, -0.1) is 0 Å². The topological polar surface area (TPSA) is 46.3 Å². The van der Waals surface area contributed by atoms with Gasteiger partial charge in [-0.1, -0.05) is 12.1 Å². The molecule has 0 aliphatic rings. The molecule has 0 spiro atoms. The molecule has 4 heteroatoms. The molecule has 16 heavy (non-hydrogen) atoms. The quantitative estimate of drug-likeness (QED) is 0.824. The minimum Gasteiger partial charge on any atom is -0.339 e. The normalized spacial score (nSPS) is 10.2. The van der Waals surface area contributed by atoms with E-state index in [2.05, 4.69) is 0 Å². The third-order valence-corrected chi connectivity index (χ3v) is 2.38. The summed E-state index contributed by atoms with van der Waals surface area (Å²) in [4.78, 5) is 13.3. The number of nitrogens with zero attached hydrogens (tertiary/aromatic N) is 1. The Morgan fingerprint density at radius 1 is 1.38 bits per heavy atom. The molecule has 1 amide bonds. The van der Waals surface area contributed by atoms with E-state index in [1.54, 1.807) is 17.0 Å².